The van der Waals surface area contributed by atoms with Crippen molar-refractivity contribution in [2.75, 3.05) is 5.32 Å². The highest BCUT2D eigenvalue weighted by molar-refractivity contribution is 7.09. The molecule has 2 heterocycles. The number of para-hydroxylation sites is 1. The summed E-state index contributed by atoms with van der Waals surface area (Å²) in [5.41, 5.74) is 1.99. The molecule has 0 fully saturated rings. The van der Waals surface area contributed by atoms with Gasteiger partial charge in [0.05, 0.1) is 22.8 Å². The SMILES string of the molecule is Cc1nc(CNc2ncnc3ccccc23)cs1. The van der Waals surface area contributed by atoms with Crippen molar-refractivity contribution in [2.24, 2.45) is 0 Å². The van der Waals surface area contributed by atoms with Gasteiger partial charge in [0.2, 0.25) is 0 Å². The first-order valence-electron chi connectivity index (χ1n) is 5.67. The molecule has 0 bridgehead atoms. The van der Waals surface area contributed by atoms with E-state index in [0.29, 0.717) is 6.54 Å². The van der Waals surface area contributed by atoms with Crippen molar-refractivity contribution in [3.05, 3.63) is 46.7 Å². The van der Waals surface area contributed by atoms with Crippen molar-refractivity contribution in [3.63, 3.8) is 0 Å². The summed E-state index contributed by atoms with van der Waals surface area (Å²) in [6.45, 7) is 2.69. The summed E-state index contributed by atoms with van der Waals surface area (Å²) in [6, 6.07) is 7.96. The largest absolute Gasteiger partial charge is 0.364 e. The van der Waals surface area contributed by atoms with Gasteiger partial charge >= 0.3 is 0 Å². The smallest absolute Gasteiger partial charge is 0.137 e. The topological polar surface area (TPSA) is 50.7 Å². The van der Waals surface area contributed by atoms with Crippen molar-refractivity contribution >= 4 is 28.1 Å². The van der Waals surface area contributed by atoms with Crippen LogP contribution in [-0.2, 0) is 6.54 Å². The third-order valence-corrected chi connectivity index (χ3v) is 3.47. The van der Waals surface area contributed by atoms with Crippen LogP contribution in [0.15, 0.2) is 36.0 Å². The molecular weight excluding hydrogens is 244 g/mol. The second kappa shape index (κ2) is 4.70. The fourth-order valence-corrected chi connectivity index (χ4v) is 2.42. The highest BCUT2D eigenvalue weighted by Crippen LogP contribution is 2.19. The van der Waals surface area contributed by atoms with E-state index in [2.05, 4.69) is 25.6 Å². The van der Waals surface area contributed by atoms with E-state index in [4.69, 9.17) is 0 Å². The molecule has 0 aliphatic heterocycles. The Labute approximate surface area is 109 Å². The first kappa shape index (κ1) is 11.1. The number of nitrogens with one attached hydrogen (secondary N) is 1. The Bertz CT molecular complexity index is 672. The van der Waals surface area contributed by atoms with Crippen LogP contribution in [0.25, 0.3) is 10.9 Å². The van der Waals surface area contributed by atoms with Crippen LogP contribution >= 0.6 is 11.3 Å². The van der Waals surface area contributed by atoms with Gasteiger partial charge in [-0.2, -0.15) is 0 Å². The maximum absolute atomic E-state index is 4.42. The third-order valence-electron chi connectivity index (χ3n) is 2.65. The number of benzene rings is 1. The minimum absolute atomic E-state index is 0.686. The molecule has 90 valence electrons. The summed E-state index contributed by atoms with van der Waals surface area (Å²) in [5, 5.41) is 7.49. The van der Waals surface area contributed by atoms with E-state index in [-0.39, 0.29) is 0 Å². The molecule has 0 amide bonds. The molecule has 3 aromatic rings. The van der Waals surface area contributed by atoms with Gasteiger partial charge in [-0.15, -0.1) is 11.3 Å². The van der Waals surface area contributed by atoms with Crippen molar-refractivity contribution in [3.8, 4) is 0 Å². The molecule has 0 atom stereocenters. The van der Waals surface area contributed by atoms with E-state index in [9.17, 15) is 0 Å². The quantitative estimate of drug-likeness (QED) is 0.782. The molecule has 1 N–H and O–H groups in total. The number of rotatable bonds is 3. The summed E-state index contributed by atoms with van der Waals surface area (Å²) >= 11 is 1.66. The zero-order valence-electron chi connectivity index (χ0n) is 9.92. The Morgan fingerprint density at radius 2 is 2.11 bits per heavy atom. The summed E-state index contributed by atoms with van der Waals surface area (Å²) in [4.78, 5) is 12.9. The Balaban J connectivity index is 1.86. The lowest BCUT2D eigenvalue weighted by Crippen LogP contribution is -2.02. The molecule has 3 rings (SSSR count). The fourth-order valence-electron chi connectivity index (χ4n) is 1.81. The average molecular weight is 256 g/mol. The van der Waals surface area contributed by atoms with Crippen LogP contribution in [-0.4, -0.2) is 15.0 Å². The van der Waals surface area contributed by atoms with Gasteiger partial charge in [0.15, 0.2) is 0 Å². The normalized spacial score (nSPS) is 10.7. The van der Waals surface area contributed by atoms with E-state index < -0.39 is 0 Å². The Hall–Kier alpha value is -2.01. The van der Waals surface area contributed by atoms with Crippen LogP contribution < -0.4 is 5.32 Å². The fraction of sp³-hybridized carbons (Fsp3) is 0.154. The molecule has 2 aromatic heterocycles. The monoisotopic (exact) mass is 256 g/mol. The molecule has 0 saturated heterocycles. The molecule has 1 aromatic carbocycles. The van der Waals surface area contributed by atoms with Crippen LogP contribution in [0.5, 0.6) is 0 Å². The Kier molecular flexibility index (Phi) is 2.90. The van der Waals surface area contributed by atoms with Gasteiger partial charge < -0.3 is 5.32 Å². The van der Waals surface area contributed by atoms with Crippen LogP contribution in [0.2, 0.25) is 0 Å². The van der Waals surface area contributed by atoms with Crippen LogP contribution in [0.1, 0.15) is 10.7 Å². The number of hydrogen-bond donors (Lipinski definition) is 1. The molecule has 0 saturated carbocycles. The average Bonchev–Trinajstić information content (AvgIpc) is 2.82. The van der Waals surface area contributed by atoms with Crippen molar-refractivity contribution in [1.29, 1.82) is 0 Å². The first-order valence-corrected chi connectivity index (χ1v) is 6.55. The predicted octanol–water partition coefficient (Wildman–Crippen LogP) is 3.01. The molecule has 18 heavy (non-hydrogen) atoms. The molecule has 5 heteroatoms. The Morgan fingerprint density at radius 3 is 2.94 bits per heavy atom. The van der Waals surface area contributed by atoms with Gasteiger partial charge in [-0.1, -0.05) is 12.1 Å². The zero-order chi connectivity index (χ0) is 12.4. The summed E-state index contributed by atoms with van der Waals surface area (Å²) < 4.78 is 0. The number of aryl methyl sites for hydroxylation is 1. The summed E-state index contributed by atoms with van der Waals surface area (Å²) in [7, 11) is 0. The molecule has 0 radical (unpaired) electrons. The molecule has 0 aliphatic rings. The highest BCUT2D eigenvalue weighted by Gasteiger charge is 2.03. The number of thiazole rings is 1. The van der Waals surface area contributed by atoms with Crippen molar-refractivity contribution < 1.29 is 0 Å². The third kappa shape index (κ3) is 2.17. The molecular formula is C13H12N4S. The molecule has 4 nitrogen and oxygen atoms in total. The second-order valence-corrected chi connectivity index (χ2v) is 5.01. The van der Waals surface area contributed by atoms with E-state index in [1.165, 1.54) is 0 Å². The maximum atomic E-state index is 4.42. The second-order valence-electron chi connectivity index (χ2n) is 3.95. The molecule has 0 aliphatic carbocycles. The summed E-state index contributed by atoms with van der Waals surface area (Å²) in [6.07, 6.45) is 1.58. The minimum atomic E-state index is 0.686. The zero-order valence-corrected chi connectivity index (χ0v) is 10.7. The van der Waals surface area contributed by atoms with Gasteiger partial charge in [0.1, 0.15) is 12.1 Å². The lowest BCUT2D eigenvalue weighted by molar-refractivity contribution is 1.04. The standard InChI is InChI=1S/C13H12N4S/c1-9-17-10(7-18-9)6-14-13-11-4-2-3-5-12(11)15-8-16-13/h2-5,7-8H,6H2,1H3,(H,14,15,16). The van der Waals surface area contributed by atoms with E-state index in [0.717, 1.165) is 27.4 Å². The maximum Gasteiger partial charge on any atom is 0.137 e. The van der Waals surface area contributed by atoms with E-state index >= 15 is 0 Å². The van der Waals surface area contributed by atoms with Crippen LogP contribution in [0, 0.1) is 6.92 Å². The van der Waals surface area contributed by atoms with E-state index in [1.807, 2.05) is 31.2 Å². The lowest BCUT2D eigenvalue weighted by Gasteiger charge is -2.06. The number of fused-ring (bicyclic) bond motifs is 1. The van der Waals surface area contributed by atoms with Gasteiger partial charge in [0.25, 0.3) is 0 Å². The number of nitrogens with zero attached hydrogens (tertiary/aromatic N) is 3. The highest BCUT2D eigenvalue weighted by atomic mass is 32.1. The van der Waals surface area contributed by atoms with Gasteiger partial charge in [-0.05, 0) is 19.1 Å². The van der Waals surface area contributed by atoms with Crippen molar-refractivity contribution in [1.82, 2.24) is 15.0 Å². The number of hydrogen-bond acceptors (Lipinski definition) is 5. The van der Waals surface area contributed by atoms with Gasteiger partial charge in [-0.3, -0.25) is 0 Å². The van der Waals surface area contributed by atoms with Gasteiger partial charge in [0, 0.05) is 10.8 Å². The van der Waals surface area contributed by atoms with E-state index in [1.54, 1.807) is 17.7 Å². The molecule has 0 unspecified atom stereocenters. The minimum Gasteiger partial charge on any atom is -0.364 e. The summed E-state index contributed by atoms with van der Waals surface area (Å²) in [5.74, 6) is 0.853. The van der Waals surface area contributed by atoms with Crippen molar-refractivity contribution in [2.45, 2.75) is 13.5 Å². The number of anilines is 1. The first-order chi connectivity index (χ1) is 8.83. The van der Waals surface area contributed by atoms with Gasteiger partial charge in [-0.25, -0.2) is 15.0 Å². The van der Waals surface area contributed by atoms with Crippen LogP contribution in [0.3, 0.4) is 0 Å². The predicted molar refractivity (Wildman–Crippen MR) is 73.7 cm³/mol. The Morgan fingerprint density at radius 1 is 1.22 bits per heavy atom. The number of aromatic nitrogens is 3. The van der Waals surface area contributed by atoms with Crippen LogP contribution in [0.4, 0.5) is 5.82 Å². The molecule has 0 spiro atoms. The lowest BCUT2D eigenvalue weighted by atomic mass is 10.2.